The van der Waals surface area contributed by atoms with Crippen LogP contribution in [0.5, 0.6) is 0 Å². The third-order valence-corrected chi connectivity index (χ3v) is 25.1. The molecule has 276 valence electrons. The zero-order valence-corrected chi connectivity index (χ0v) is 36.6. The van der Waals surface area contributed by atoms with Crippen LogP contribution in [-0.4, -0.2) is 42.3 Å². The molecule has 51 heavy (non-hydrogen) atoms. The van der Waals surface area contributed by atoms with Gasteiger partial charge >= 0.3 is 0 Å². The molecular formula is C42H60O6Si3. The third-order valence-electron chi connectivity index (χ3n) is 11.8. The number of rotatable bonds is 6. The van der Waals surface area contributed by atoms with Gasteiger partial charge in [-0.05, 0) is 89.3 Å². The minimum absolute atomic E-state index is 0.180. The second-order valence-corrected chi connectivity index (χ2v) is 33.0. The van der Waals surface area contributed by atoms with Gasteiger partial charge in [-0.15, -0.1) is 0 Å². The van der Waals surface area contributed by atoms with Crippen molar-refractivity contribution in [3.8, 4) is 0 Å². The van der Waals surface area contributed by atoms with Gasteiger partial charge in [-0.25, -0.2) is 0 Å². The topological polar surface area (TPSA) is 78.9 Å². The van der Waals surface area contributed by atoms with Crippen LogP contribution in [0.2, 0.25) is 54.4 Å². The zero-order valence-electron chi connectivity index (χ0n) is 33.6. The number of Topliss-reactive ketones (excluding diaryl/α,β-unsaturated/α-hetero) is 3. The molecule has 4 rings (SSSR count). The van der Waals surface area contributed by atoms with Crippen molar-refractivity contribution in [1.29, 1.82) is 0 Å². The van der Waals surface area contributed by atoms with E-state index in [0.29, 0.717) is 33.4 Å². The maximum absolute atomic E-state index is 14.8. The number of ketones is 3. The van der Waals surface area contributed by atoms with Gasteiger partial charge in [0.15, 0.2) is 42.3 Å². The summed E-state index contributed by atoms with van der Waals surface area (Å²) in [6.07, 6.45) is -2.89. The summed E-state index contributed by atoms with van der Waals surface area (Å²) in [6.45, 7) is 32.0. The highest BCUT2D eigenvalue weighted by molar-refractivity contribution is 6.75. The van der Waals surface area contributed by atoms with E-state index in [1.54, 1.807) is 36.4 Å². The lowest BCUT2D eigenvalue weighted by atomic mass is 9.94. The Balaban J connectivity index is 2.05. The molecule has 6 nitrogen and oxygen atoms in total. The monoisotopic (exact) mass is 744 g/mol. The number of fused-ring (bicyclic) bond motifs is 6. The number of hydrogen-bond acceptors (Lipinski definition) is 6. The highest BCUT2D eigenvalue weighted by atomic mass is 28.4. The molecule has 3 atom stereocenters. The Labute approximate surface area is 310 Å². The molecule has 1 aliphatic carbocycles. The summed E-state index contributed by atoms with van der Waals surface area (Å²) in [7, 11) is -7.53. The summed E-state index contributed by atoms with van der Waals surface area (Å²) in [5, 5.41) is -0.541. The van der Waals surface area contributed by atoms with Gasteiger partial charge in [-0.3, -0.25) is 14.4 Å². The molecule has 0 aromatic heterocycles. The van der Waals surface area contributed by atoms with E-state index in [1.807, 2.05) is 36.4 Å². The molecule has 0 fully saturated rings. The maximum Gasteiger partial charge on any atom is 0.194 e. The minimum Gasteiger partial charge on any atom is -0.403 e. The first-order valence-electron chi connectivity index (χ1n) is 18.1. The SMILES string of the molecule is CC(C)(C)[Si](C)(C)O[C@@H]1C(=O)c2cccc(c2)[C@H](O[Si](C)(C)C(C)(C)C)C(=O)c2cccc(c2)[C@H](O[Si](C)(C)C(C)(C)C)C(=O)c2cccc1c2. The highest BCUT2D eigenvalue weighted by Gasteiger charge is 2.45. The molecule has 0 spiro atoms. The Morgan fingerprint density at radius 1 is 0.412 bits per heavy atom. The van der Waals surface area contributed by atoms with Crippen molar-refractivity contribution in [1.82, 2.24) is 0 Å². The number of benzene rings is 3. The normalized spacial score (nSPS) is 19.8. The summed E-state index contributed by atoms with van der Waals surface area (Å²) in [5.74, 6) is -0.682. The van der Waals surface area contributed by atoms with Crippen molar-refractivity contribution in [2.24, 2.45) is 0 Å². The van der Waals surface area contributed by atoms with E-state index in [4.69, 9.17) is 13.3 Å². The van der Waals surface area contributed by atoms with Crippen LogP contribution in [0.4, 0.5) is 0 Å². The maximum atomic E-state index is 14.8. The fourth-order valence-corrected chi connectivity index (χ4v) is 8.81. The molecule has 3 aromatic rings. The lowest BCUT2D eigenvalue weighted by Gasteiger charge is -2.39. The average Bonchev–Trinajstić information content (AvgIpc) is 3.02. The molecule has 0 saturated heterocycles. The second kappa shape index (κ2) is 14.2. The molecule has 0 N–H and O–H groups in total. The number of hydrogen-bond donors (Lipinski definition) is 0. The molecule has 0 aliphatic heterocycles. The summed E-state index contributed by atoms with van der Waals surface area (Å²) >= 11 is 0. The van der Waals surface area contributed by atoms with Crippen molar-refractivity contribution in [2.75, 3.05) is 0 Å². The van der Waals surface area contributed by atoms with Crippen LogP contribution in [0.1, 0.15) is 128 Å². The van der Waals surface area contributed by atoms with Crippen molar-refractivity contribution >= 4 is 42.3 Å². The van der Waals surface area contributed by atoms with Crippen molar-refractivity contribution in [2.45, 2.75) is 135 Å². The van der Waals surface area contributed by atoms with E-state index in [-0.39, 0.29) is 32.5 Å². The molecule has 1 aliphatic rings. The fraction of sp³-hybridized carbons (Fsp3) is 0.500. The highest BCUT2D eigenvalue weighted by Crippen LogP contribution is 2.44. The predicted octanol–water partition coefficient (Wildman–Crippen LogP) is 11.8. The first kappa shape index (κ1) is 41.0. The molecule has 0 unspecified atom stereocenters. The van der Waals surface area contributed by atoms with Gasteiger partial charge < -0.3 is 13.3 Å². The van der Waals surface area contributed by atoms with Gasteiger partial charge in [0.25, 0.3) is 0 Å². The zero-order chi connectivity index (χ0) is 38.5. The van der Waals surface area contributed by atoms with Crippen molar-refractivity contribution in [3.05, 3.63) is 106 Å². The van der Waals surface area contributed by atoms with Gasteiger partial charge in [0.2, 0.25) is 0 Å². The van der Waals surface area contributed by atoms with Gasteiger partial charge in [0.05, 0.1) is 0 Å². The van der Waals surface area contributed by atoms with E-state index in [2.05, 4.69) is 102 Å². The number of carbonyl (C=O) groups is 3. The van der Waals surface area contributed by atoms with Gasteiger partial charge in [-0.2, -0.15) is 0 Å². The first-order chi connectivity index (χ1) is 23.2. The lowest BCUT2D eigenvalue weighted by Crippen LogP contribution is -2.43. The average molecular weight is 745 g/mol. The van der Waals surface area contributed by atoms with E-state index in [9.17, 15) is 14.4 Å². The third kappa shape index (κ3) is 8.71. The molecule has 0 heterocycles. The van der Waals surface area contributed by atoms with Crippen LogP contribution < -0.4 is 0 Å². The number of carbonyl (C=O) groups excluding carboxylic acids is 3. The molecular weight excluding hydrogens is 685 g/mol. The van der Waals surface area contributed by atoms with E-state index in [1.165, 1.54) is 0 Å². The molecule has 0 saturated carbocycles. The van der Waals surface area contributed by atoms with Crippen LogP contribution in [0.15, 0.2) is 72.8 Å². The Bertz CT molecular complexity index is 1580. The van der Waals surface area contributed by atoms with Gasteiger partial charge in [-0.1, -0.05) is 117 Å². The van der Waals surface area contributed by atoms with Crippen molar-refractivity contribution in [3.63, 3.8) is 0 Å². The summed E-state index contributed by atoms with van der Waals surface area (Å²) < 4.78 is 20.8. The summed E-state index contributed by atoms with van der Waals surface area (Å²) in [6, 6.07) is 21.8. The first-order valence-corrected chi connectivity index (χ1v) is 26.9. The molecule has 3 aromatic carbocycles. The molecule has 0 amide bonds. The largest absolute Gasteiger partial charge is 0.403 e. The van der Waals surface area contributed by atoms with Crippen LogP contribution in [0.25, 0.3) is 0 Å². The van der Waals surface area contributed by atoms with E-state index < -0.39 is 43.3 Å². The van der Waals surface area contributed by atoms with Crippen LogP contribution in [-0.2, 0) is 13.3 Å². The van der Waals surface area contributed by atoms with E-state index in [0.717, 1.165) is 0 Å². The van der Waals surface area contributed by atoms with Crippen LogP contribution >= 0.6 is 0 Å². The van der Waals surface area contributed by atoms with E-state index >= 15 is 0 Å². The predicted molar refractivity (Wildman–Crippen MR) is 215 cm³/mol. The van der Waals surface area contributed by atoms with Gasteiger partial charge in [0.1, 0.15) is 18.3 Å². The molecule has 6 bridgehead atoms. The molecule has 0 radical (unpaired) electrons. The van der Waals surface area contributed by atoms with Gasteiger partial charge in [0, 0.05) is 16.7 Å². The Morgan fingerprint density at radius 2 is 0.627 bits per heavy atom. The van der Waals surface area contributed by atoms with Crippen molar-refractivity contribution < 1.29 is 27.7 Å². The standard InChI is InChI=1S/C42H60O6Si3/c1-40(2,3)49(10,11)46-37-31-22-16-20-29(25-31)35(44)39(48-51(14,15)42(7,8)9)33-24-18-21-30(27-33)36(45)38(47-50(12,13)41(4,5)6)32-23-17-19-28(26-32)34(37)43/h16-27,37-39H,1-15H3/t37-,38-,39-/m0/s1. The van der Waals surface area contributed by atoms with Crippen LogP contribution in [0, 0.1) is 0 Å². The lowest BCUT2D eigenvalue weighted by molar-refractivity contribution is 0.0753. The Kier molecular flexibility index (Phi) is 11.4. The minimum atomic E-state index is -2.51. The molecule has 9 heteroatoms. The summed E-state index contributed by atoms with van der Waals surface area (Å²) in [4.78, 5) is 44.3. The Hall–Kier alpha value is -2.80. The smallest absolute Gasteiger partial charge is 0.194 e. The fourth-order valence-electron chi connectivity index (χ4n) is 5.25. The quantitative estimate of drug-likeness (QED) is 0.234. The second-order valence-electron chi connectivity index (χ2n) is 18.7. The summed E-state index contributed by atoms with van der Waals surface area (Å²) in [5.41, 5.74) is 3.11. The Morgan fingerprint density at radius 3 is 0.824 bits per heavy atom. The van der Waals surface area contributed by atoms with Crippen LogP contribution in [0.3, 0.4) is 0 Å².